The van der Waals surface area contributed by atoms with Crippen LogP contribution in [-0.4, -0.2) is 22.1 Å². The minimum absolute atomic E-state index is 0.452. The van der Waals surface area contributed by atoms with E-state index in [1.807, 2.05) is 0 Å². The van der Waals surface area contributed by atoms with Crippen molar-refractivity contribution in [2.24, 2.45) is 0 Å². The highest BCUT2D eigenvalue weighted by Gasteiger charge is 2.17. The molecule has 0 aliphatic heterocycles. The van der Waals surface area contributed by atoms with Gasteiger partial charge in [-0.2, -0.15) is 0 Å². The second kappa shape index (κ2) is 5.33. The van der Waals surface area contributed by atoms with Crippen molar-refractivity contribution < 1.29 is 0 Å². The fourth-order valence-corrected chi connectivity index (χ4v) is 3.28. The molecular weight excluding hydrogens is 234 g/mol. The summed E-state index contributed by atoms with van der Waals surface area (Å²) < 4.78 is 2.36. The summed E-state index contributed by atoms with van der Waals surface area (Å²) in [6, 6.07) is 9.60. The van der Waals surface area contributed by atoms with Gasteiger partial charge >= 0.3 is 0 Å². The molecule has 1 aromatic carbocycles. The molecule has 3 nitrogen and oxygen atoms in total. The van der Waals surface area contributed by atoms with Gasteiger partial charge in [0.1, 0.15) is 5.82 Å². The summed E-state index contributed by atoms with van der Waals surface area (Å²) in [6.45, 7) is 5.42. The number of hydrogen-bond donors (Lipinski definition) is 1. The SMILES string of the molecule is Cc1nc2ccccc2n1C(C)CNC1CCCC1. The fraction of sp³-hybridized carbons (Fsp3) is 0.562. The highest BCUT2D eigenvalue weighted by atomic mass is 15.1. The summed E-state index contributed by atoms with van der Waals surface area (Å²) in [5.41, 5.74) is 2.36. The molecule has 1 aliphatic carbocycles. The van der Waals surface area contributed by atoms with Crippen LogP contribution in [-0.2, 0) is 0 Å². The van der Waals surface area contributed by atoms with Crippen LogP contribution in [0.15, 0.2) is 24.3 Å². The number of benzene rings is 1. The van der Waals surface area contributed by atoms with E-state index >= 15 is 0 Å². The van der Waals surface area contributed by atoms with E-state index in [-0.39, 0.29) is 0 Å². The number of nitrogens with zero attached hydrogens (tertiary/aromatic N) is 2. The van der Waals surface area contributed by atoms with Gasteiger partial charge in [-0.3, -0.25) is 0 Å². The van der Waals surface area contributed by atoms with Gasteiger partial charge in [0.25, 0.3) is 0 Å². The van der Waals surface area contributed by atoms with Gasteiger partial charge in [0.2, 0.25) is 0 Å². The zero-order chi connectivity index (χ0) is 13.2. The quantitative estimate of drug-likeness (QED) is 0.909. The smallest absolute Gasteiger partial charge is 0.107 e. The van der Waals surface area contributed by atoms with Crippen LogP contribution < -0.4 is 5.32 Å². The van der Waals surface area contributed by atoms with Gasteiger partial charge in [-0.25, -0.2) is 4.98 Å². The van der Waals surface area contributed by atoms with E-state index in [0.717, 1.165) is 23.9 Å². The standard InChI is InChI=1S/C16H23N3/c1-12(11-17-14-7-3-4-8-14)19-13(2)18-15-9-5-6-10-16(15)19/h5-6,9-10,12,14,17H,3-4,7-8,11H2,1-2H3. The van der Waals surface area contributed by atoms with E-state index in [0.29, 0.717) is 6.04 Å². The number of hydrogen-bond acceptors (Lipinski definition) is 2. The number of rotatable bonds is 4. The van der Waals surface area contributed by atoms with Gasteiger partial charge in [-0.1, -0.05) is 25.0 Å². The molecule has 19 heavy (non-hydrogen) atoms. The molecule has 0 amide bonds. The largest absolute Gasteiger partial charge is 0.324 e. The summed E-state index contributed by atoms with van der Waals surface area (Å²) >= 11 is 0. The minimum Gasteiger partial charge on any atom is -0.324 e. The third kappa shape index (κ3) is 2.52. The molecular formula is C16H23N3. The lowest BCUT2D eigenvalue weighted by Crippen LogP contribution is -2.31. The average molecular weight is 257 g/mol. The topological polar surface area (TPSA) is 29.9 Å². The second-order valence-electron chi connectivity index (χ2n) is 5.76. The average Bonchev–Trinajstić information content (AvgIpc) is 3.02. The zero-order valence-electron chi connectivity index (χ0n) is 11.9. The van der Waals surface area contributed by atoms with Crippen LogP contribution in [0.4, 0.5) is 0 Å². The lowest BCUT2D eigenvalue weighted by atomic mass is 10.2. The minimum atomic E-state index is 0.452. The molecule has 0 spiro atoms. The first kappa shape index (κ1) is 12.7. The Bertz CT molecular complexity index is 552. The molecule has 1 N–H and O–H groups in total. The molecule has 3 rings (SSSR count). The molecule has 2 aromatic rings. The molecule has 102 valence electrons. The number of fused-ring (bicyclic) bond motifs is 1. The summed E-state index contributed by atoms with van der Waals surface area (Å²) in [6.07, 6.45) is 5.46. The Morgan fingerprint density at radius 1 is 1.32 bits per heavy atom. The Labute approximate surface area is 115 Å². The van der Waals surface area contributed by atoms with Crippen LogP contribution in [0.3, 0.4) is 0 Å². The van der Waals surface area contributed by atoms with Crippen molar-refractivity contribution in [1.29, 1.82) is 0 Å². The van der Waals surface area contributed by atoms with Crippen LogP contribution >= 0.6 is 0 Å². The van der Waals surface area contributed by atoms with Crippen LogP contribution in [0.25, 0.3) is 11.0 Å². The highest BCUT2D eigenvalue weighted by Crippen LogP contribution is 2.22. The first-order valence-electron chi connectivity index (χ1n) is 7.42. The van der Waals surface area contributed by atoms with Crippen molar-refractivity contribution in [2.45, 2.75) is 51.6 Å². The van der Waals surface area contributed by atoms with E-state index < -0.39 is 0 Å². The van der Waals surface area contributed by atoms with Crippen LogP contribution in [0.5, 0.6) is 0 Å². The maximum Gasteiger partial charge on any atom is 0.107 e. The summed E-state index contributed by atoms with van der Waals surface area (Å²) in [7, 11) is 0. The molecule has 1 fully saturated rings. The predicted octanol–water partition coefficient (Wildman–Crippen LogP) is 3.44. The molecule has 1 aliphatic rings. The molecule has 1 heterocycles. The Morgan fingerprint density at radius 3 is 2.84 bits per heavy atom. The van der Waals surface area contributed by atoms with E-state index in [1.54, 1.807) is 0 Å². The lowest BCUT2D eigenvalue weighted by molar-refractivity contribution is 0.441. The van der Waals surface area contributed by atoms with Crippen LogP contribution in [0.1, 0.15) is 44.5 Å². The highest BCUT2D eigenvalue weighted by molar-refractivity contribution is 5.76. The van der Waals surface area contributed by atoms with Gasteiger partial charge in [0, 0.05) is 18.6 Å². The Hall–Kier alpha value is -1.35. The van der Waals surface area contributed by atoms with Gasteiger partial charge in [0.05, 0.1) is 11.0 Å². The van der Waals surface area contributed by atoms with Gasteiger partial charge in [0.15, 0.2) is 0 Å². The normalized spacial score (nSPS) is 18.2. The monoisotopic (exact) mass is 257 g/mol. The molecule has 0 saturated heterocycles. The lowest BCUT2D eigenvalue weighted by Gasteiger charge is -2.20. The van der Waals surface area contributed by atoms with Crippen molar-refractivity contribution in [3.05, 3.63) is 30.1 Å². The molecule has 0 bridgehead atoms. The number of aromatic nitrogens is 2. The van der Waals surface area contributed by atoms with Crippen molar-refractivity contribution in [1.82, 2.24) is 14.9 Å². The molecule has 1 atom stereocenters. The van der Waals surface area contributed by atoms with E-state index in [4.69, 9.17) is 0 Å². The second-order valence-corrected chi connectivity index (χ2v) is 5.76. The molecule has 1 aromatic heterocycles. The fourth-order valence-electron chi connectivity index (χ4n) is 3.28. The summed E-state index contributed by atoms with van der Waals surface area (Å²) in [5, 5.41) is 3.71. The molecule has 1 unspecified atom stereocenters. The van der Waals surface area contributed by atoms with E-state index in [2.05, 4.69) is 53.0 Å². The third-order valence-corrected chi connectivity index (χ3v) is 4.27. The van der Waals surface area contributed by atoms with E-state index in [1.165, 1.54) is 31.2 Å². The number of para-hydroxylation sites is 2. The molecule has 3 heteroatoms. The Morgan fingerprint density at radius 2 is 2.05 bits per heavy atom. The number of imidazole rings is 1. The van der Waals surface area contributed by atoms with Crippen molar-refractivity contribution in [3.8, 4) is 0 Å². The number of nitrogens with one attached hydrogen (secondary N) is 1. The summed E-state index contributed by atoms with van der Waals surface area (Å²) in [4.78, 5) is 4.65. The Kier molecular flexibility index (Phi) is 3.56. The first-order valence-corrected chi connectivity index (χ1v) is 7.42. The zero-order valence-corrected chi connectivity index (χ0v) is 11.9. The predicted molar refractivity (Wildman–Crippen MR) is 79.4 cm³/mol. The number of aryl methyl sites for hydroxylation is 1. The van der Waals surface area contributed by atoms with Gasteiger partial charge in [-0.05, 0) is 38.8 Å². The van der Waals surface area contributed by atoms with Crippen molar-refractivity contribution in [3.63, 3.8) is 0 Å². The summed E-state index contributed by atoms with van der Waals surface area (Å²) in [5.74, 6) is 1.11. The third-order valence-electron chi connectivity index (χ3n) is 4.27. The Balaban J connectivity index is 1.76. The molecule has 0 radical (unpaired) electrons. The maximum absolute atomic E-state index is 4.65. The van der Waals surface area contributed by atoms with Crippen molar-refractivity contribution >= 4 is 11.0 Å². The maximum atomic E-state index is 4.65. The first-order chi connectivity index (χ1) is 9.25. The van der Waals surface area contributed by atoms with Crippen molar-refractivity contribution in [2.75, 3.05) is 6.54 Å². The molecule has 1 saturated carbocycles. The van der Waals surface area contributed by atoms with E-state index in [9.17, 15) is 0 Å². The van der Waals surface area contributed by atoms with Crippen LogP contribution in [0, 0.1) is 6.92 Å². The van der Waals surface area contributed by atoms with Crippen LogP contribution in [0.2, 0.25) is 0 Å². The van der Waals surface area contributed by atoms with Gasteiger partial charge < -0.3 is 9.88 Å². The van der Waals surface area contributed by atoms with Gasteiger partial charge in [-0.15, -0.1) is 0 Å².